The number of carbonyl (C=O) groups excluding carboxylic acids is 1. The van der Waals surface area contributed by atoms with E-state index >= 15 is 0 Å². The number of anilines is 1. The number of carbonyl (C=O) groups is 2. The van der Waals surface area contributed by atoms with Gasteiger partial charge in [0.2, 0.25) is 5.91 Å². The Balaban J connectivity index is 2.39. The van der Waals surface area contributed by atoms with E-state index in [2.05, 4.69) is 45.9 Å². The summed E-state index contributed by atoms with van der Waals surface area (Å²) >= 11 is 1.54. The van der Waals surface area contributed by atoms with Crippen molar-refractivity contribution in [2.75, 3.05) is 17.2 Å². The standard InChI is InChI=1S/C23H31N3O3S/c1-14-9-8-10-15(11-14)19-18-20(22(2,3)4)24-26(23(5,6)7)21(18)25(12-17(28)29)16(27)13-30-19/h8-11,19H,12-13H2,1-7H3,(H,28,29). The van der Waals surface area contributed by atoms with Crippen LogP contribution in [0.1, 0.15) is 69.2 Å². The Bertz CT molecular complexity index is 983. The molecule has 1 aromatic heterocycles. The summed E-state index contributed by atoms with van der Waals surface area (Å²) in [6.45, 7) is 14.1. The zero-order chi connectivity index (χ0) is 22.4. The van der Waals surface area contributed by atoms with Crippen LogP contribution in [0.5, 0.6) is 0 Å². The van der Waals surface area contributed by atoms with E-state index in [4.69, 9.17) is 5.10 Å². The lowest BCUT2D eigenvalue weighted by Gasteiger charge is -2.28. The molecule has 162 valence electrons. The molecule has 6 nitrogen and oxygen atoms in total. The molecular formula is C23H31N3O3S. The van der Waals surface area contributed by atoms with Crippen LogP contribution in [0.4, 0.5) is 5.82 Å². The lowest BCUT2D eigenvalue weighted by atomic mass is 9.87. The molecule has 30 heavy (non-hydrogen) atoms. The molecule has 0 radical (unpaired) electrons. The van der Waals surface area contributed by atoms with Crippen molar-refractivity contribution in [1.82, 2.24) is 9.78 Å². The van der Waals surface area contributed by atoms with Crippen LogP contribution in [0.3, 0.4) is 0 Å². The monoisotopic (exact) mass is 429 g/mol. The predicted octanol–water partition coefficient (Wildman–Crippen LogP) is 4.50. The van der Waals surface area contributed by atoms with Crippen LogP contribution >= 0.6 is 11.8 Å². The quantitative estimate of drug-likeness (QED) is 0.778. The molecule has 3 rings (SSSR count). The van der Waals surface area contributed by atoms with Gasteiger partial charge in [0.15, 0.2) is 0 Å². The highest BCUT2D eigenvalue weighted by Gasteiger charge is 2.41. The molecule has 0 saturated carbocycles. The van der Waals surface area contributed by atoms with Crippen LogP contribution < -0.4 is 4.90 Å². The maximum atomic E-state index is 13.1. The lowest BCUT2D eigenvalue weighted by Crippen LogP contribution is -2.40. The van der Waals surface area contributed by atoms with Crippen molar-refractivity contribution in [3.8, 4) is 0 Å². The number of aromatic nitrogens is 2. The summed E-state index contributed by atoms with van der Waals surface area (Å²) in [5.74, 6) is -0.415. The summed E-state index contributed by atoms with van der Waals surface area (Å²) in [4.78, 5) is 26.2. The van der Waals surface area contributed by atoms with Crippen molar-refractivity contribution in [3.63, 3.8) is 0 Å². The molecule has 1 aromatic carbocycles. The van der Waals surface area contributed by atoms with E-state index < -0.39 is 11.5 Å². The number of hydrogen-bond donors (Lipinski definition) is 1. The number of carboxylic acid groups (broad SMARTS) is 1. The van der Waals surface area contributed by atoms with Gasteiger partial charge in [0.05, 0.1) is 22.2 Å². The molecule has 1 atom stereocenters. The Morgan fingerprint density at radius 1 is 1.23 bits per heavy atom. The third kappa shape index (κ3) is 4.26. The highest BCUT2D eigenvalue weighted by molar-refractivity contribution is 8.00. The largest absolute Gasteiger partial charge is 0.480 e. The normalized spacial score (nSPS) is 17.6. The average Bonchev–Trinajstić information content (AvgIpc) is 2.95. The number of thioether (sulfide) groups is 1. The van der Waals surface area contributed by atoms with Crippen LogP contribution in [0, 0.1) is 6.92 Å². The summed E-state index contributed by atoms with van der Waals surface area (Å²) in [6, 6.07) is 8.29. The highest BCUT2D eigenvalue weighted by Crippen LogP contribution is 2.48. The van der Waals surface area contributed by atoms with Crippen molar-refractivity contribution in [1.29, 1.82) is 0 Å². The molecule has 1 aliphatic heterocycles. The van der Waals surface area contributed by atoms with Crippen molar-refractivity contribution in [2.24, 2.45) is 0 Å². The maximum absolute atomic E-state index is 13.1. The first-order valence-electron chi connectivity index (χ1n) is 10.1. The molecule has 2 aromatic rings. The average molecular weight is 430 g/mol. The Kier molecular flexibility index (Phi) is 5.80. The highest BCUT2D eigenvalue weighted by atomic mass is 32.2. The number of fused-ring (bicyclic) bond motifs is 1. The lowest BCUT2D eigenvalue weighted by molar-refractivity contribution is -0.136. The predicted molar refractivity (Wildman–Crippen MR) is 121 cm³/mol. The van der Waals surface area contributed by atoms with Gasteiger partial charge in [-0.05, 0) is 33.3 Å². The second-order valence-corrected chi connectivity index (χ2v) is 11.0. The first-order valence-corrected chi connectivity index (χ1v) is 11.2. The fourth-order valence-electron chi connectivity index (χ4n) is 3.77. The summed E-state index contributed by atoms with van der Waals surface area (Å²) in [7, 11) is 0. The minimum absolute atomic E-state index is 0.104. The number of rotatable bonds is 3. The van der Waals surface area contributed by atoms with Crippen LogP contribution in [0.15, 0.2) is 24.3 Å². The molecule has 1 aliphatic rings. The first-order chi connectivity index (χ1) is 13.8. The Morgan fingerprint density at radius 3 is 2.43 bits per heavy atom. The van der Waals surface area contributed by atoms with Crippen molar-refractivity contribution < 1.29 is 14.7 Å². The van der Waals surface area contributed by atoms with Crippen molar-refractivity contribution in [2.45, 2.75) is 64.7 Å². The van der Waals surface area contributed by atoms with E-state index in [1.807, 2.05) is 31.5 Å². The van der Waals surface area contributed by atoms with E-state index in [0.717, 1.165) is 22.4 Å². The first kappa shape index (κ1) is 22.4. The van der Waals surface area contributed by atoms with Gasteiger partial charge in [0, 0.05) is 11.0 Å². The zero-order valence-corrected chi connectivity index (χ0v) is 19.6. The zero-order valence-electron chi connectivity index (χ0n) is 18.8. The van der Waals surface area contributed by atoms with Crippen LogP contribution in [-0.2, 0) is 20.5 Å². The molecule has 7 heteroatoms. The second-order valence-electron chi connectivity index (χ2n) is 9.90. The number of benzene rings is 1. The van der Waals surface area contributed by atoms with Gasteiger partial charge in [-0.3, -0.25) is 14.5 Å². The van der Waals surface area contributed by atoms with Gasteiger partial charge in [-0.15, -0.1) is 11.8 Å². The van der Waals surface area contributed by atoms with Gasteiger partial charge in [-0.2, -0.15) is 5.10 Å². The van der Waals surface area contributed by atoms with Gasteiger partial charge < -0.3 is 5.11 Å². The molecule has 1 unspecified atom stereocenters. The molecule has 0 saturated heterocycles. The minimum Gasteiger partial charge on any atom is -0.480 e. The SMILES string of the molecule is Cc1cccc(C2SCC(=O)N(CC(=O)O)c3c2c(C(C)(C)C)nn3C(C)(C)C)c1. The number of carboxylic acids is 1. The number of amides is 1. The van der Waals surface area contributed by atoms with E-state index in [1.165, 1.54) is 4.90 Å². The molecular weight excluding hydrogens is 398 g/mol. The van der Waals surface area contributed by atoms with Gasteiger partial charge in [-0.25, -0.2) is 4.68 Å². The smallest absolute Gasteiger partial charge is 0.323 e. The molecule has 1 amide bonds. The molecule has 2 heterocycles. The topological polar surface area (TPSA) is 75.4 Å². The van der Waals surface area contributed by atoms with Crippen LogP contribution in [0.2, 0.25) is 0 Å². The van der Waals surface area contributed by atoms with Crippen molar-refractivity contribution >= 4 is 29.5 Å². The van der Waals surface area contributed by atoms with E-state index in [9.17, 15) is 14.7 Å². The fraction of sp³-hybridized carbons (Fsp3) is 0.522. The number of nitrogens with zero attached hydrogens (tertiary/aromatic N) is 3. The Hall–Kier alpha value is -2.28. The Morgan fingerprint density at radius 2 is 1.90 bits per heavy atom. The summed E-state index contributed by atoms with van der Waals surface area (Å²) in [5.41, 5.74) is 3.40. The van der Waals surface area contributed by atoms with E-state index in [0.29, 0.717) is 5.82 Å². The number of aryl methyl sites for hydroxylation is 1. The van der Waals surface area contributed by atoms with E-state index in [1.54, 1.807) is 11.8 Å². The summed E-state index contributed by atoms with van der Waals surface area (Å²) in [6.07, 6.45) is 0. The summed E-state index contributed by atoms with van der Waals surface area (Å²) < 4.78 is 1.85. The van der Waals surface area contributed by atoms with Gasteiger partial charge in [0.25, 0.3) is 0 Å². The van der Waals surface area contributed by atoms with Crippen LogP contribution in [0.25, 0.3) is 0 Å². The molecule has 1 N–H and O–H groups in total. The summed E-state index contributed by atoms with van der Waals surface area (Å²) in [5, 5.41) is 14.4. The minimum atomic E-state index is -1.03. The van der Waals surface area contributed by atoms with Gasteiger partial charge >= 0.3 is 5.97 Å². The van der Waals surface area contributed by atoms with Gasteiger partial charge in [-0.1, -0.05) is 50.6 Å². The third-order valence-electron chi connectivity index (χ3n) is 5.07. The molecule has 0 fully saturated rings. The number of hydrogen-bond acceptors (Lipinski definition) is 4. The molecule has 0 spiro atoms. The molecule has 0 bridgehead atoms. The van der Waals surface area contributed by atoms with Crippen LogP contribution in [-0.4, -0.2) is 39.1 Å². The second kappa shape index (κ2) is 7.76. The van der Waals surface area contributed by atoms with E-state index in [-0.39, 0.29) is 28.9 Å². The number of aliphatic carboxylic acids is 1. The fourth-order valence-corrected chi connectivity index (χ4v) is 4.96. The Labute approximate surface area is 182 Å². The maximum Gasteiger partial charge on any atom is 0.323 e. The molecule has 0 aliphatic carbocycles. The van der Waals surface area contributed by atoms with Crippen molar-refractivity contribution in [3.05, 3.63) is 46.6 Å². The third-order valence-corrected chi connectivity index (χ3v) is 6.33. The van der Waals surface area contributed by atoms with Gasteiger partial charge in [0.1, 0.15) is 12.4 Å².